The smallest absolute Gasteiger partial charge is 0.232 e. The van der Waals surface area contributed by atoms with E-state index < -0.39 is 0 Å². The highest BCUT2D eigenvalue weighted by Gasteiger charge is 2.47. The molecule has 0 aromatic heterocycles. The SMILES string of the molecule is COc1ccc([C@H]2C=C[C@]3(CCN(C)C3=O)C2)cc1. The van der Waals surface area contributed by atoms with Crippen LogP contribution in [0.15, 0.2) is 36.4 Å². The van der Waals surface area contributed by atoms with Crippen LogP contribution >= 0.6 is 0 Å². The van der Waals surface area contributed by atoms with Crippen molar-refractivity contribution < 1.29 is 9.53 Å². The van der Waals surface area contributed by atoms with Crippen LogP contribution in [-0.2, 0) is 4.79 Å². The molecule has 0 bridgehead atoms. The van der Waals surface area contributed by atoms with E-state index in [0.717, 1.165) is 25.1 Å². The summed E-state index contributed by atoms with van der Waals surface area (Å²) in [6.07, 6.45) is 6.18. The predicted molar refractivity (Wildman–Crippen MR) is 74.2 cm³/mol. The van der Waals surface area contributed by atoms with Crippen LogP contribution in [0.3, 0.4) is 0 Å². The van der Waals surface area contributed by atoms with Gasteiger partial charge in [-0.15, -0.1) is 0 Å². The molecule has 0 radical (unpaired) electrons. The Morgan fingerprint density at radius 2 is 2.05 bits per heavy atom. The normalized spacial score (nSPS) is 29.5. The number of carbonyl (C=O) groups excluding carboxylic acids is 1. The van der Waals surface area contributed by atoms with Gasteiger partial charge >= 0.3 is 0 Å². The zero-order chi connectivity index (χ0) is 13.5. The molecule has 3 nitrogen and oxygen atoms in total. The molecule has 1 aliphatic heterocycles. The van der Waals surface area contributed by atoms with Crippen LogP contribution in [0.1, 0.15) is 24.3 Å². The molecule has 100 valence electrons. The second-order valence-electron chi connectivity index (χ2n) is 5.58. The van der Waals surface area contributed by atoms with Gasteiger partial charge in [-0.05, 0) is 30.5 Å². The molecule has 1 aromatic rings. The van der Waals surface area contributed by atoms with E-state index in [1.807, 2.05) is 24.1 Å². The van der Waals surface area contributed by atoms with Gasteiger partial charge in [-0.3, -0.25) is 4.79 Å². The molecule has 3 rings (SSSR count). The van der Waals surface area contributed by atoms with Crippen molar-refractivity contribution in [3.05, 3.63) is 42.0 Å². The molecule has 1 fully saturated rings. The summed E-state index contributed by atoms with van der Waals surface area (Å²) in [4.78, 5) is 14.1. The number of carbonyl (C=O) groups is 1. The Kier molecular flexibility index (Phi) is 2.85. The van der Waals surface area contributed by atoms with E-state index >= 15 is 0 Å². The lowest BCUT2D eigenvalue weighted by Gasteiger charge is -2.21. The molecule has 2 aliphatic rings. The van der Waals surface area contributed by atoms with Crippen LogP contribution in [0.2, 0.25) is 0 Å². The largest absolute Gasteiger partial charge is 0.497 e. The zero-order valence-electron chi connectivity index (χ0n) is 11.4. The van der Waals surface area contributed by atoms with Crippen molar-refractivity contribution in [2.75, 3.05) is 20.7 Å². The van der Waals surface area contributed by atoms with Crippen molar-refractivity contribution >= 4 is 5.91 Å². The molecule has 1 spiro atoms. The van der Waals surface area contributed by atoms with Crippen LogP contribution in [0.25, 0.3) is 0 Å². The van der Waals surface area contributed by atoms with Crippen molar-refractivity contribution in [1.82, 2.24) is 4.90 Å². The minimum atomic E-state index is -0.237. The third-order valence-electron chi connectivity index (χ3n) is 4.44. The number of hydrogen-bond acceptors (Lipinski definition) is 2. The Hall–Kier alpha value is -1.77. The molecule has 1 heterocycles. The highest BCUT2D eigenvalue weighted by Crippen LogP contribution is 2.47. The third kappa shape index (κ3) is 1.93. The summed E-state index contributed by atoms with van der Waals surface area (Å²) in [7, 11) is 3.57. The summed E-state index contributed by atoms with van der Waals surface area (Å²) in [6.45, 7) is 0.874. The maximum Gasteiger partial charge on any atom is 0.232 e. The molecule has 1 aromatic carbocycles. The molecule has 0 unspecified atom stereocenters. The maximum absolute atomic E-state index is 12.3. The van der Waals surface area contributed by atoms with Crippen molar-refractivity contribution in [1.29, 1.82) is 0 Å². The van der Waals surface area contributed by atoms with Gasteiger partial charge in [0.05, 0.1) is 12.5 Å². The summed E-state index contributed by atoms with van der Waals surface area (Å²) in [6, 6.07) is 8.15. The Balaban J connectivity index is 1.79. The number of allylic oxidation sites excluding steroid dienone is 1. The number of methoxy groups -OCH3 is 1. The highest BCUT2D eigenvalue weighted by atomic mass is 16.5. The summed E-state index contributed by atoms with van der Waals surface area (Å²) in [5.41, 5.74) is 1.02. The van der Waals surface area contributed by atoms with Crippen LogP contribution in [0.5, 0.6) is 5.75 Å². The second-order valence-corrected chi connectivity index (χ2v) is 5.58. The van der Waals surface area contributed by atoms with Gasteiger partial charge in [0.1, 0.15) is 5.75 Å². The molecule has 0 N–H and O–H groups in total. The Morgan fingerprint density at radius 3 is 2.63 bits per heavy atom. The Morgan fingerprint density at radius 1 is 1.32 bits per heavy atom. The average molecular weight is 257 g/mol. The highest BCUT2D eigenvalue weighted by molar-refractivity contribution is 5.87. The molecule has 1 saturated heterocycles. The zero-order valence-corrected chi connectivity index (χ0v) is 11.4. The lowest BCUT2D eigenvalue weighted by atomic mass is 9.82. The molecule has 2 atom stereocenters. The monoisotopic (exact) mass is 257 g/mol. The topological polar surface area (TPSA) is 29.5 Å². The first-order valence-electron chi connectivity index (χ1n) is 6.73. The lowest BCUT2D eigenvalue weighted by molar-refractivity contribution is -0.132. The molecule has 19 heavy (non-hydrogen) atoms. The van der Waals surface area contributed by atoms with Crippen LogP contribution < -0.4 is 4.74 Å². The van der Waals surface area contributed by atoms with E-state index in [9.17, 15) is 4.79 Å². The number of rotatable bonds is 2. The predicted octanol–water partition coefficient (Wildman–Crippen LogP) is 2.59. The van der Waals surface area contributed by atoms with Gasteiger partial charge in [-0.2, -0.15) is 0 Å². The number of nitrogens with zero attached hydrogens (tertiary/aromatic N) is 1. The molecule has 3 heteroatoms. The maximum atomic E-state index is 12.3. The molecule has 1 amide bonds. The van der Waals surface area contributed by atoms with E-state index in [4.69, 9.17) is 4.74 Å². The van der Waals surface area contributed by atoms with Crippen LogP contribution in [0.4, 0.5) is 0 Å². The number of benzene rings is 1. The average Bonchev–Trinajstić information content (AvgIpc) is 3.00. The van der Waals surface area contributed by atoms with Gasteiger partial charge in [-0.1, -0.05) is 24.3 Å². The Labute approximate surface area is 113 Å². The first kappa shape index (κ1) is 12.3. The van der Waals surface area contributed by atoms with Gasteiger partial charge in [-0.25, -0.2) is 0 Å². The van der Waals surface area contributed by atoms with Crippen molar-refractivity contribution in [3.63, 3.8) is 0 Å². The Bertz CT molecular complexity index is 520. The lowest BCUT2D eigenvalue weighted by Crippen LogP contribution is -2.29. The van der Waals surface area contributed by atoms with Crippen LogP contribution in [0, 0.1) is 5.41 Å². The molecular formula is C16H19NO2. The fourth-order valence-electron chi connectivity index (χ4n) is 3.21. The standard InChI is InChI=1S/C16H19NO2/c1-17-10-9-16(15(17)18)8-7-13(11-16)12-3-5-14(19-2)6-4-12/h3-8,13H,9-11H2,1-2H3/t13-,16-/m0/s1. The summed E-state index contributed by atoms with van der Waals surface area (Å²) >= 11 is 0. The second kappa shape index (κ2) is 4.41. The van der Waals surface area contributed by atoms with E-state index in [0.29, 0.717) is 5.92 Å². The molecule has 1 aliphatic carbocycles. The van der Waals surface area contributed by atoms with Crippen LogP contribution in [-0.4, -0.2) is 31.5 Å². The first-order valence-corrected chi connectivity index (χ1v) is 6.73. The number of amides is 1. The van der Waals surface area contributed by atoms with Crippen molar-refractivity contribution in [2.45, 2.75) is 18.8 Å². The van der Waals surface area contributed by atoms with Crippen molar-refractivity contribution in [2.24, 2.45) is 5.41 Å². The van der Waals surface area contributed by atoms with Gasteiger partial charge in [0.2, 0.25) is 5.91 Å². The van der Waals surface area contributed by atoms with E-state index in [-0.39, 0.29) is 11.3 Å². The summed E-state index contributed by atoms with van der Waals surface area (Å²) in [5, 5.41) is 0. The quantitative estimate of drug-likeness (QED) is 0.762. The fraction of sp³-hybridized carbons (Fsp3) is 0.438. The number of hydrogen-bond donors (Lipinski definition) is 0. The fourth-order valence-corrected chi connectivity index (χ4v) is 3.21. The number of ether oxygens (including phenoxy) is 1. The minimum absolute atomic E-state index is 0.237. The van der Waals surface area contributed by atoms with E-state index in [1.165, 1.54) is 5.56 Å². The first-order chi connectivity index (χ1) is 9.14. The van der Waals surface area contributed by atoms with Gasteiger partial charge in [0.25, 0.3) is 0 Å². The summed E-state index contributed by atoms with van der Waals surface area (Å²) in [5.74, 6) is 1.50. The van der Waals surface area contributed by atoms with Gasteiger partial charge in [0.15, 0.2) is 0 Å². The van der Waals surface area contributed by atoms with Gasteiger partial charge in [0, 0.05) is 19.5 Å². The minimum Gasteiger partial charge on any atom is -0.497 e. The van der Waals surface area contributed by atoms with Crippen molar-refractivity contribution in [3.8, 4) is 5.75 Å². The van der Waals surface area contributed by atoms with E-state index in [1.54, 1.807) is 7.11 Å². The number of likely N-dealkylation sites (tertiary alicyclic amines) is 1. The third-order valence-corrected chi connectivity index (χ3v) is 4.44. The molecule has 0 saturated carbocycles. The molecular weight excluding hydrogens is 238 g/mol. The van der Waals surface area contributed by atoms with Gasteiger partial charge < -0.3 is 9.64 Å². The summed E-state index contributed by atoms with van der Waals surface area (Å²) < 4.78 is 5.18. The van der Waals surface area contributed by atoms with E-state index in [2.05, 4.69) is 24.3 Å².